The van der Waals surface area contributed by atoms with Gasteiger partial charge in [0, 0.05) is 22.8 Å². The summed E-state index contributed by atoms with van der Waals surface area (Å²) in [5.41, 5.74) is 0.558. The lowest BCUT2D eigenvalue weighted by molar-refractivity contribution is -0.141. The summed E-state index contributed by atoms with van der Waals surface area (Å²) in [5.74, 6) is 0.0392. The van der Waals surface area contributed by atoms with Gasteiger partial charge in [0.25, 0.3) is 0 Å². The number of anilines is 3. The van der Waals surface area contributed by atoms with E-state index >= 15 is 0 Å². The van der Waals surface area contributed by atoms with Crippen LogP contribution in [-0.2, 0) is 6.18 Å². The Morgan fingerprint density at radius 1 is 1.19 bits per heavy atom. The standard InChI is InChI=1S/C17H21BrF3N5/c1-11-12(18)6-4-7-13(11)23-15-10-14(17(19,20)21)24-16(25-15)22-8-5-9-26(2)3/h4,6-7,10H,5,8-9H2,1-3H3,(H2,22,23,24,25). The van der Waals surface area contributed by atoms with E-state index in [2.05, 4.69) is 36.5 Å². The highest BCUT2D eigenvalue weighted by Crippen LogP contribution is 2.31. The van der Waals surface area contributed by atoms with Crippen LogP contribution in [0.15, 0.2) is 28.7 Å². The normalized spacial score (nSPS) is 11.7. The monoisotopic (exact) mass is 431 g/mol. The van der Waals surface area contributed by atoms with Gasteiger partial charge in [0.2, 0.25) is 5.95 Å². The van der Waals surface area contributed by atoms with E-state index in [-0.39, 0.29) is 11.8 Å². The van der Waals surface area contributed by atoms with Crippen molar-refractivity contribution in [2.24, 2.45) is 0 Å². The summed E-state index contributed by atoms with van der Waals surface area (Å²) in [4.78, 5) is 9.76. The maximum Gasteiger partial charge on any atom is 0.433 e. The second-order valence-electron chi connectivity index (χ2n) is 6.08. The molecule has 0 aliphatic rings. The van der Waals surface area contributed by atoms with Crippen LogP contribution in [-0.4, -0.2) is 42.1 Å². The van der Waals surface area contributed by atoms with Crippen molar-refractivity contribution in [3.8, 4) is 0 Å². The van der Waals surface area contributed by atoms with E-state index in [0.717, 1.165) is 29.1 Å². The number of aromatic nitrogens is 2. The van der Waals surface area contributed by atoms with Crippen LogP contribution >= 0.6 is 15.9 Å². The molecular formula is C17H21BrF3N5. The smallest absolute Gasteiger partial charge is 0.354 e. The molecule has 0 bridgehead atoms. The SMILES string of the molecule is Cc1c(Br)cccc1Nc1cc(C(F)(F)F)nc(NCCCN(C)C)n1. The van der Waals surface area contributed by atoms with Crippen molar-refractivity contribution in [2.75, 3.05) is 37.8 Å². The van der Waals surface area contributed by atoms with Gasteiger partial charge in [-0.1, -0.05) is 22.0 Å². The minimum Gasteiger partial charge on any atom is -0.354 e. The second-order valence-corrected chi connectivity index (χ2v) is 6.94. The number of alkyl halides is 3. The molecule has 0 fully saturated rings. The molecule has 5 nitrogen and oxygen atoms in total. The third-order valence-corrected chi connectivity index (χ3v) is 4.47. The average Bonchev–Trinajstić information content (AvgIpc) is 2.55. The molecule has 2 rings (SSSR count). The lowest BCUT2D eigenvalue weighted by Crippen LogP contribution is -2.18. The number of nitrogens with one attached hydrogen (secondary N) is 2. The zero-order valence-electron chi connectivity index (χ0n) is 14.8. The summed E-state index contributed by atoms with van der Waals surface area (Å²) in [6.07, 6.45) is -3.79. The molecule has 2 aromatic rings. The van der Waals surface area contributed by atoms with Gasteiger partial charge < -0.3 is 15.5 Å². The number of hydrogen-bond acceptors (Lipinski definition) is 5. The summed E-state index contributed by atoms with van der Waals surface area (Å²) < 4.78 is 40.3. The Kier molecular flexibility index (Phi) is 6.82. The van der Waals surface area contributed by atoms with E-state index in [1.54, 1.807) is 12.1 Å². The molecule has 1 aromatic carbocycles. The highest BCUT2D eigenvalue weighted by Gasteiger charge is 2.33. The highest BCUT2D eigenvalue weighted by atomic mass is 79.9. The number of rotatable bonds is 7. The van der Waals surface area contributed by atoms with Crippen LogP contribution < -0.4 is 10.6 Å². The molecule has 2 N–H and O–H groups in total. The van der Waals surface area contributed by atoms with Gasteiger partial charge in [0.15, 0.2) is 5.69 Å². The van der Waals surface area contributed by atoms with Crippen molar-refractivity contribution in [1.29, 1.82) is 0 Å². The fraction of sp³-hybridized carbons (Fsp3) is 0.412. The summed E-state index contributed by atoms with van der Waals surface area (Å²) in [5, 5.41) is 5.81. The van der Waals surface area contributed by atoms with Crippen LogP contribution in [0.1, 0.15) is 17.7 Å². The molecule has 0 saturated heterocycles. The number of nitrogens with zero attached hydrogens (tertiary/aromatic N) is 3. The van der Waals surface area contributed by atoms with E-state index < -0.39 is 11.9 Å². The Morgan fingerprint density at radius 2 is 1.92 bits per heavy atom. The van der Waals surface area contributed by atoms with Gasteiger partial charge >= 0.3 is 6.18 Å². The van der Waals surface area contributed by atoms with E-state index in [1.807, 2.05) is 32.0 Å². The predicted molar refractivity (Wildman–Crippen MR) is 101 cm³/mol. The van der Waals surface area contributed by atoms with Crippen molar-refractivity contribution < 1.29 is 13.2 Å². The first-order chi connectivity index (χ1) is 12.2. The van der Waals surface area contributed by atoms with Crippen LogP contribution in [0.2, 0.25) is 0 Å². The number of hydrogen-bond donors (Lipinski definition) is 2. The minimum absolute atomic E-state index is 0.0475. The first kappa shape index (κ1) is 20.4. The van der Waals surface area contributed by atoms with Gasteiger partial charge in [0.1, 0.15) is 5.82 Å². The second kappa shape index (κ2) is 8.68. The van der Waals surface area contributed by atoms with Crippen molar-refractivity contribution in [3.05, 3.63) is 40.0 Å². The van der Waals surface area contributed by atoms with Crippen molar-refractivity contribution in [3.63, 3.8) is 0 Å². The quantitative estimate of drug-likeness (QED) is 0.623. The van der Waals surface area contributed by atoms with E-state index in [9.17, 15) is 13.2 Å². The predicted octanol–water partition coefficient (Wildman–Crippen LogP) is 4.67. The zero-order valence-corrected chi connectivity index (χ0v) is 16.4. The first-order valence-electron chi connectivity index (χ1n) is 8.04. The maximum absolute atomic E-state index is 13.2. The fourth-order valence-electron chi connectivity index (χ4n) is 2.21. The van der Waals surface area contributed by atoms with Crippen molar-refractivity contribution in [2.45, 2.75) is 19.5 Å². The summed E-state index contributed by atoms with van der Waals surface area (Å²) in [7, 11) is 3.87. The van der Waals surface area contributed by atoms with Crippen LogP contribution in [0.4, 0.5) is 30.6 Å². The number of halogens is 4. The Hall–Kier alpha value is -1.87. The Morgan fingerprint density at radius 3 is 2.58 bits per heavy atom. The third-order valence-electron chi connectivity index (χ3n) is 3.61. The maximum atomic E-state index is 13.2. The molecule has 0 saturated carbocycles. The molecule has 26 heavy (non-hydrogen) atoms. The van der Waals surface area contributed by atoms with Crippen LogP contribution in [0.25, 0.3) is 0 Å². The van der Waals surface area contributed by atoms with Crippen molar-refractivity contribution in [1.82, 2.24) is 14.9 Å². The highest BCUT2D eigenvalue weighted by molar-refractivity contribution is 9.10. The molecule has 0 spiro atoms. The lowest BCUT2D eigenvalue weighted by Gasteiger charge is -2.15. The topological polar surface area (TPSA) is 53.1 Å². The molecule has 0 aliphatic carbocycles. The van der Waals surface area contributed by atoms with Crippen molar-refractivity contribution >= 4 is 33.4 Å². The Bertz CT molecular complexity index is 750. The van der Waals surface area contributed by atoms with Gasteiger partial charge in [-0.3, -0.25) is 0 Å². The van der Waals surface area contributed by atoms with Gasteiger partial charge in [0.05, 0.1) is 0 Å². The zero-order chi connectivity index (χ0) is 19.3. The molecule has 142 valence electrons. The van der Waals surface area contributed by atoms with E-state index in [1.165, 1.54) is 0 Å². The van der Waals surface area contributed by atoms with E-state index in [0.29, 0.717) is 12.2 Å². The van der Waals surface area contributed by atoms with Crippen LogP contribution in [0.3, 0.4) is 0 Å². The van der Waals surface area contributed by atoms with Gasteiger partial charge in [-0.25, -0.2) is 4.98 Å². The third kappa shape index (κ3) is 5.84. The largest absolute Gasteiger partial charge is 0.433 e. The molecule has 9 heteroatoms. The molecule has 0 unspecified atom stereocenters. The van der Waals surface area contributed by atoms with Crippen LogP contribution in [0.5, 0.6) is 0 Å². The van der Waals surface area contributed by atoms with Gasteiger partial charge in [-0.05, 0) is 51.7 Å². The first-order valence-corrected chi connectivity index (χ1v) is 8.83. The average molecular weight is 432 g/mol. The van der Waals surface area contributed by atoms with Gasteiger partial charge in [-0.15, -0.1) is 0 Å². The lowest BCUT2D eigenvalue weighted by atomic mass is 10.2. The summed E-state index contributed by atoms with van der Waals surface area (Å²) in [6, 6.07) is 6.34. The molecular weight excluding hydrogens is 411 g/mol. The summed E-state index contributed by atoms with van der Waals surface area (Å²) in [6.45, 7) is 3.15. The molecule has 0 amide bonds. The Balaban J connectivity index is 2.24. The summed E-state index contributed by atoms with van der Waals surface area (Å²) >= 11 is 3.40. The Labute approximate surface area is 159 Å². The molecule has 0 radical (unpaired) electrons. The molecule has 1 aromatic heterocycles. The fourth-order valence-corrected chi connectivity index (χ4v) is 2.58. The van der Waals surface area contributed by atoms with E-state index in [4.69, 9.17) is 0 Å². The minimum atomic E-state index is -4.55. The molecule has 0 atom stereocenters. The van der Waals surface area contributed by atoms with Crippen LogP contribution in [0, 0.1) is 6.92 Å². The van der Waals surface area contributed by atoms with Gasteiger partial charge in [-0.2, -0.15) is 18.2 Å². The number of benzene rings is 1. The molecule has 1 heterocycles. The molecule has 0 aliphatic heterocycles.